The highest BCUT2D eigenvalue weighted by atomic mass is 16.4. The molecule has 0 aliphatic carbocycles. The minimum atomic E-state index is -0.628. The third-order valence-corrected chi connectivity index (χ3v) is 4.26. The largest absolute Gasteiger partial charge is 0.481 e. The van der Waals surface area contributed by atoms with Crippen molar-refractivity contribution in [1.82, 2.24) is 4.90 Å². The van der Waals surface area contributed by atoms with Gasteiger partial charge >= 0.3 is 5.97 Å². The van der Waals surface area contributed by atoms with Crippen molar-refractivity contribution in [2.75, 3.05) is 19.6 Å². The van der Waals surface area contributed by atoms with Gasteiger partial charge < -0.3 is 10.0 Å². The highest BCUT2D eigenvalue weighted by Gasteiger charge is 2.42. The maximum atomic E-state index is 11.3. The highest BCUT2D eigenvalue weighted by molar-refractivity contribution is 5.70. The summed E-state index contributed by atoms with van der Waals surface area (Å²) in [6, 6.07) is 0. The Labute approximate surface area is 118 Å². The number of aliphatic carboxylic acids is 1. The van der Waals surface area contributed by atoms with E-state index >= 15 is 0 Å². The van der Waals surface area contributed by atoms with Crippen molar-refractivity contribution in [3.05, 3.63) is 0 Å². The van der Waals surface area contributed by atoms with Crippen LogP contribution in [0, 0.1) is 17.3 Å². The summed E-state index contributed by atoms with van der Waals surface area (Å²) in [4.78, 5) is 13.7. The fourth-order valence-electron chi connectivity index (χ4n) is 3.67. The Kier molecular flexibility index (Phi) is 6.31. The Morgan fingerprint density at radius 3 is 2.11 bits per heavy atom. The van der Waals surface area contributed by atoms with Crippen molar-refractivity contribution in [2.45, 2.75) is 59.8 Å². The molecule has 0 radical (unpaired) electrons. The van der Waals surface area contributed by atoms with Crippen molar-refractivity contribution in [1.29, 1.82) is 0 Å². The molecule has 1 unspecified atom stereocenters. The first-order valence-corrected chi connectivity index (χ1v) is 7.87. The summed E-state index contributed by atoms with van der Waals surface area (Å²) in [6.07, 6.45) is 5.85. The van der Waals surface area contributed by atoms with Crippen LogP contribution in [-0.2, 0) is 4.79 Å². The number of rotatable bonds is 9. The molecule has 0 aromatic rings. The third-order valence-electron chi connectivity index (χ3n) is 4.26. The van der Waals surface area contributed by atoms with E-state index in [1.807, 2.05) is 0 Å². The second-order valence-electron chi connectivity index (χ2n) is 6.83. The number of carbonyl (C=O) groups is 1. The standard InChI is InChI=1S/C16H31NO2/c1-5-7-16(8-6-2)11-17(12-16)10-14(15(18)19)9-13(3)4/h13-14H,5-12H2,1-4H3,(H,18,19). The molecule has 112 valence electrons. The third kappa shape index (κ3) is 4.79. The van der Waals surface area contributed by atoms with Crippen LogP contribution in [0.4, 0.5) is 0 Å². The smallest absolute Gasteiger partial charge is 0.307 e. The lowest BCUT2D eigenvalue weighted by molar-refractivity contribution is -0.144. The summed E-state index contributed by atoms with van der Waals surface area (Å²) < 4.78 is 0. The van der Waals surface area contributed by atoms with Gasteiger partial charge in [0.15, 0.2) is 0 Å². The van der Waals surface area contributed by atoms with E-state index in [0.29, 0.717) is 11.3 Å². The van der Waals surface area contributed by atoms with E-state index in [1.54, 1.807) is 0 Å². The van der Waals surface area contributed by atoms with Crippen LogP contribution in [0.25, 0.3) is 0 Å². The average Bonchev–Trinajstić information content (AvgIpc) is 2.25. The maximum absolute atomic E-state index is 11.3. The molecule has 0 saturated carbocycles. The van der Waals surface area contributed by atoms with E-state index in [2.05, 4.69) is 32.6 Å². The van der Waals surface area contributed by atoms with E-state index in [9.17, 15) is 9.90 Å². The van der Waals surface area contributed by atoms with Crippen LogP contribution in [-0.4, -0.2) is 35.6 Å². The topological polar surface area (TPSA) is 40.5 Å². The number of likely N-dealkylation sites (tertiary alicyclic amines) is 1. The molecule has 1 rings (SSSR count). The van der Waals surface area contributed by atoms with Gasteiger partial charge in [0.05, 0.1) is 5.92 Å². The monoisotopic (exact) mass is 269 g/mol. The molecular weight excluding hydrogens is 238 g/mol. The summed E-state index contributed by atoms with van der Waals surface area (Å²) in [5, 5.41) is 9.30. The Balaban J connectivity index is 2.45. The number of nitrogens with zero attached hydrogens (tertiary/aromatic N) is 1. The molecule has 1 aliphatic rings. The molecule has 0 aromatic heterocycles. The zero-order valence-corrected chi connectivity index (χ0v) is 13.1. The lowest BCUT2D eigenvalue weighted by Gasteiger charge is -2.51. The fraction of sp³-hybridized carbons (Fsp3) is 0.938. The van der Waals surface area contributed by atoms with Crippen LogP contribution < -0.4 is 0 Å². The number of carboxylic acid groups (broad SMARTS) is 1. The molecule has 0 aromatic carbocycles. The fourth-order valence-corrected chi connectivity index (χ4v) is 3.67. The van der Waals surface area contributed by atoms with Crippen LogP contribution in [0.2, 0.25) is 0 Å². The zero-order valence-electron chi connectivity index (χ0n) is 13.1. The molecular formula is C16H31NO2. The molecule has 1 heterocycles. The molecule has 0 amide bonds. The van der Waals surface area contributed by atoms with Gasteiger partial charge in [0.25, 0.3) is 0 Å². The Morgan fingerprint density at radius 1 is 1.21 bits per heavy atom. The second-order valence-corrected chi connectivity index (χ2v) is 6.83. The molecule has 1 fully saturated rings. The summed E-state index contributed by atoms with van der Waals surface area (Å²) >= 11 is 0. The van der Waals surface area contributed by atoms with Gasteiger partial charge in [-0.05, 0) is 30.6 Å². The van der Waals surface area contributed by atoms with E-state index in [0.717, 1.165) is 26.1 Å². The molecule has 1 atom stereocenters. The lowest BCUT2D eigenvalue weighted by atomic mass is 9.72. The van der Waals surface area contributed by atoms with Gasteiger partial charge in [-0.2, -0.15) is 0 Å². The van der Waals surface area contributed by atoms with Crippen molar-refractivity contribution in [3.63, 3.8) is 0 Å². The summed E-state index contributed by atoms with van der Waals surface area (Å²) in [7, 11) is 0. The number of hydrogen-bond donors (Lipinski definition) is 1. The van der Waals surface area contributed by atoms with Gasteiger partial charge in [0, 0.05) is 19.6 Å². The maximum Gasteiger partial charge on any atom is 0.307 e. The first-order chi connectivity index (χ1) is 8.92. The highest BCUT2D eigenvalue weighted by Crippen LogP contribution is 2.40. The van der Waals surface area contributed by atoms with Crippen LogP contribution in [0.5, 0.6) is 0 Å². The summed E-state index contributed by atoms with van der Waals surface area (Å²) in [5.74, 6) is -0.364. The van der Waals surface area contributed by atoms with E-state index < -0.39 is 5.97 Å². The molecule has 19 heavy (non-hydrogen) atoms. The van der Waals surface area contributed by atoms with Crippen molar-refractivity contribution < 1.29 is 9.90 Å². The van der Waals surface area contributed by atoms with Gasteiger partial charge in [-0.3, -0.25) is 4.79 Å². The van der Waals surface area contributed by atoms with Crippen LogP contribution >= 0.6 is 0 Å². The Bertz CT molecular complexity index is 274. The Morgan fingerprint density at radius 2 is 1.74 bits per heavy atom. The van der Waals surface area contributed by atoms with Crippen molar-refractivity contribution >= 4 is 5.97 Å². The van der Waals surface area contributed by atoms with E-state index in [1.165, 1.54) is 25.7 Å². The van der Waals surface area contributed by atoms with Gasteiger partial charge in [-0.15, -0.1) is 0 Å². The lowest BCUT2D eigenvalue weighted by Crippen LogP contribution is -2.57. The molecule has 0 spiro atoms. The van der Waals surface area contributed by atoms with Crippen LogP contribution in [0.1, 0.15) is 59.8 Å². The van der Waals surface area contributed by atoms with Crippen molar-refractivity contribution in [3.8, 4) is 0 Å². The van der Waals surface area contributed by atoms with E-state index in [4.69, 9.17) is 0 Å². The Hall–Kier alpha value is -0.570. The predicted molar refractivity (Wildman–Crippen MR) is 79.3 cm³/mol. The molecule has 1 N–H and O–H groups in total. The van der Waals surface area contributed by atoms with Gasteiger partial charge in [0.1, 0.15) is 0 Å². The number of carboxylic acids is 1. The molecule has 1 saturated heterocycles. The van der Waals surface area contributed by atoms with Gasteiger partial charge in [-0.1, -0.05) is 40.5 Å². The predicted octanol–water partition coefficient (Wildman–Crippen LogP) is 3.64. The SMILES string of the molecule is CCCC1(CCC)CN(CC(CC(C)C)C(=O)O)C1. The quantitative estimate of drug-likeness (QED) is 0.695. The number of hydrogen-bond acceptors (Lipinski definition) is 2. The minimum absolute atomic E-state index is 0.193. The average molecular weight is 269 g/mol. The van der Waals surface area contributed by atoms with E-state index in [-0.39, 0.29) is 5.92 Å². The summed E-state index contributed by atoms with van der Waals surface area (Å²) in [5.41, 5.74) is 0.490. The summed E-state index contributed by atoms with van der Waals surface area (Å²) in [6.45, 7) is 11.7. The second kappa shape index (κ2) is 7.28. The first kappa shape index (κ1) is 16.5. The van der Waals surface area contributed by atoms with Crippen LogP contribution in [0.15, 0.2) is 0 Å². The van der Waals surface area contributed by atoms with Crippen molar-refractivity contribution in [2.24, 2.45) is 17.3 Å². The molecule has 1 aliphatic heterocycles. The van der Waals surface area contributed by atoms with Crippen LogP contribution in [0.3, 0.4) is 0 Å². The normalized spacial score (nSPS) is 20.3. The minimum Gasteiger partial charge on any atom is -0.481 e. The van der Waals surface area contributed by atoms with Gasteiger partial charge in [-0.25, -0.2) is 0 Å². The van der Waals surface area contributed by atoms with Gasteiger partial charge in [0.2, 0.25) is 0 Å². The molecule has 3 nitrogen and oxygen atoms in total. The molecule has 0 bridgehead atoms. The first-order valence-electron chi connectivity index (χ1n) is 7.87. The zero-order chi connectivity index (χ0) is 14.5. The molecule has 3 heteroatoms.